The molecule has 1 N–H and O–H groups in total. The zero-order valence-corrected chi connectivity index (χ0v) is 20.6. The highest BCUT2D eigenvalue weighted by atomic mass is 32.2. The number of sulfonamides is 1. The van der Waals surface area contributed by atoms with Crippen LogP contribution in [0.4, 0.5) is 0 Å². The second-order valence-corrected chi connectivity index (χ2v) is 12.1. The van der Waals surface area contributed by atoms with E-state index in [4.69, 9.17) is 4.74 Å². The summed E-state index contributed by atoms with van der Waals surface area (Å²) in [6.45, 7) is 6.82. The average molecular weight is 496 g/mol. The number of benzene rings is 1. The maximum Gasteiger partial charge on any atom is 0.263 e. The number of nitrogens with one attached hydrogen (secondary N) is 1. The van der Waals surface area contributed by atoms with Crippen LogP contribution in [0.3, 0.4) is 0 Å². The Bertz CT molecular complexity index is 1030. The van der Waals surface area contributed by atoms with Gasteiger partial charge in [-0.05, 0) is 29.5 Å². The summed E-state index contributed by atoms with van der Waals surface area (Å²) in [6.07, 6.45) is 0.242. The van der Waals surface area contributed by atoms with Gasteiger partial charge in [0.25, 0.3) is 5.91 Å². The van der Waals surface area contributed by atoms with Crippen LogP contribution < -0.4 is 5.32 Å². The van der Waals surface area contributed by atoms with Gasteiger partial charge in [-0.15, -0.1) is 11.3 Å². The Morgan fingerprint density at radius 3 is 2.75 bits per heavy atom. The van der Waals surface area contributed by atoms with Gasteiger partial charge in [-0.2, -0.15) is 16.1 Å². The maximum absolute atomic E-state index is 13.0. The van der Waals surface area contributed by atoms with Gasteiger partial charge in [-0.25, -0.2) is 8.42 Å². The lowest BCUT2D eigenvalue weighted by Gasteiger charge is -2.31. The molecule has 2 aromatic rings. The third-order valence-electron chi connectivity index (χ3n) is 5.60. The number of nitrogens with zero attached hydrogens (tertiary/aromatic N) is 2. The molecule has 0 saturated carbocycles. The van der Waals surface area contributed by atoms with E-state index in [1.165, 1.54) is 21.2 Å². The fourth-order valence-corrected chi connectivity index (χ4v) is 7.88. The number of rotatable bonds is 7. The van der Waals surface area contributed by atoms with Crippen molar-refractivity contribution in [2.75, 3.05) is 44.3 Å². The molecule has 2 aliphatic rings. The van der Waals surface area contributed by atoms with Gasteiger partial charge >= 0.3 is 0 Å². The molecule has 0 aliphatic carbocycles. The molecular weight excluding hydrogens is 466 g/mol. The fourth-order valence-electron chi connectivity index (χ4n) is 3.99. The standard InChI is InChI=1S/C22H29N3O4S3/c1-17-15-24(6-9-29-17)16-19-4-2-3-18(13-19)14-23-22(26)21-20(5-10-31-21)32(27,28)25-7-11-30-12-8-25/h2-5,10,13,17H,6-9,11-12,14-16H2,1H3,(H,23,26). The molecule has 0 bridgehead atoms. The number of hydrogen-bond donors (Lipinski definition) is 1. The molecule has 1 unspecified atom stereocenters. The van der Waals surface area contributed by atoms with Crippen LogP contribution in [0.1, 0.15) is 27.7 Å². The molecule has 3 heterocycles. The molecule has 174 valence electrons. The van der Waals surface area contributed by atoms with Crippen molar-refractivity contribution in [2.45, 2.75) is 31.0 Å². The summed E-state index contributed by atoms with van der Waals surface area (Å²) in [6, 6.07) is 9.70. The number of amides is 1. The predicted molar refractivity (Wildman–Crippen MR) is 129 cm³/mol. The van der Waals surface area contributed by atoms with E-state index in [9.17, 15) is 13.2 Å². The molecule has 0 spiro atoms. The third kappa shape index (κ3) is 5.73. The van der Waals surface area contributed by atoms with Crippen molar-refractivity contribution >= 4 is 39.0 Å². The van der Waals surface area contributed by atoms with Crippen LogP contribution >= 0.6 is 23.1 Å². The van der Waals surface area contributed by atoms with Crippen molar-refractivity contribution in [3.63, 3.8) is 0 Å². The smallest absolute Gasteiger partial charge is 0.263 e. The lowest BCUT2D eigenvalue weighted by Crippen LogP contribution is -2.40. The van der Waals surface area contributed by atoms with Crippen molar-refractivity contribution < 1.29 is 17.9 Å². The molecule has 7 nitrogen and oxygen atoms in total. The topological polar surface area (TPSA) is 79.0 Å². The Labute approximate surface area is 198 Å². The number of morpholine rings is 1. The lowest BCUT2D eigenvalue weighted by molar-refractivity contribution is -0.0212. The van der Waals surface area contributed by atoms with Crippen LogP contribution in [0.5, 0.6) is 0 Å². The molecule has 1 aromatic carbocycles. The van der Waals surface area contributed by atoms with E-state index in [-0.39, 0.29) is 21.8 Å². The minimum absolute atomic E-state index is 0.113. The van der Waals surface area contributed by atoms with Crippen molar-refractivity contribution in [1.29, 1.82) is 0 Å². The summed E-state index contributed by atoms with van der Waals surface area (Å²) in [5.74, 6) is 1.22. The SMILES string of the molecule is CC1CN(Cc2cccc(CNC(=O)c3sccc3S(=O)(=O)N3CCSCC3)c2)CCO1. The van der Waals surface area contributed by atoms with Gasteiger partial charge in [0.05, 0.1) is 12.7 Å². The van der Waals surface area contributed by atoms with E-state index >= 15 is 0 Å². The largest absolute Gasteiger partial charge is 0.376 e. The molecule has 4 rings (SSSR count). The molecule has 10 heteroatoms. The van der Waals surface area contributed by atoms with E-state index in [0.717, 1.165) is 43.3 Å². The van der Waals surface area contributed by atoms with Crippen molar-refractivity contribution in [1.82, 2.24) is 14.5 Å². The number of thiophene rings is 1. The molecule has 1 amide bonds. The van der Waals surface area contributed by atoms with Gasteiger partial charge in [0, 0.05) is 50.8 Å². The van der Waals surface area contributed by atoms with Crippen LogP contribution in [-0.2, 0) is 27.8 Å². The second kappa shape index (κ2) is 10.7. The van der Waals surface area contributed by atoms with Gasteiger partial charge in [0.15, 0.2) is 0 Å². The van der Waals surface area contributed by atoms with Gasteiger partial charge in [-0.3, -0.25) is 9.69 Å². The molecule has 1 aromatic heterocycles. The minimum atomic E-state index is -3.65. The molecule has 1 atom stereocenters. The second-order valence-electron chi connectivity index (χ2n) is 8.05. The van der Waals surface area contributed by atoms with Gasteiger partial charge in [0.1, 0.15) is 9.77 Å². The first-order valence-corrected chi connectivity index (χ1v) is 14.3. The normalized spacial score (nSPS) is 20.8. The highest BCUT2D eigenvalue weighted by molar-refractivity contribution is 7.99. The van der Waals surface area contributed by atoms with Gasteiger partial charge in [-0.1, -0.05) is 24.3 Å². The molecule has 32 heavy (non-hydrogen) atoms. The number of ether oxygens (including phenoxy) is 1. The summed E-state index contributed by atoms with van der Waals surface area (Å²) in [5, 5.41) is 4.58. The summed E-state index contributed by atoms with van der Waals surface area (Å²) in [5.41, 5.74) is 2.18. The highest BCUT2D eigenvalue weighted by Crippen LogP contribution is 2.27. The zero-order valence-electron chi connectivity index (χ0n) is 18.2. The predicted octanol–water partition coefficient (Wildman–Crippen LogP) is 2.64. The molecule has 2 fully saturated rings. The third-order valence-corrected chi connectivity index (χ3v) is 9.52. The Morgan fingerprint density at radius 2 is 1.97 bits per heavy atom. The van der Waals surface area contributed by atoms with E-state index in [1.807, 2.05) is 12.1 Å². The lowest BCUT2D eigenvalue weighted by atomic mass is 10.1. The first kappa shape index (κ1) is 23.7. The Kier molecular flexibility index (Phi) is 7.91. The number of hydrogen-bond acceptors (Lipinski definition) is 7. The maximum atomic E-state index is 13.0. The Balaban J connectivity index is 1.39. The van der Waals surface area contributed by atoms with Crippen LogP contribution in [0.25, 0.3) is 0 Å². The number of carbonyl (C=O) groups excluding carboxylic acids is 1. The molecule has 0 radical (unpaired) electrons. The quantitative estimate of drug-likeness (QED) is 0.636. The molecule has 2 saturated heterocycles. The number of carbonyl (C=O) groups is 1. The van der Waals surface area contributed by atoms with Gasteiger partial charge in [0.2, 0.25) is 10.0 Å². The van der Waals surface area contributed by atoms with Crippen LogP contribution in [-0.4, -0.2) is 73.9 Å². The van der Waals surface area contributed by atoms with E-state index < -0.39 is 10.0 Å². The van der Waals surface area contributed by atoms with Crippen LogP contribution in [0.2, 0.25) is 0 Å². The zero-order chi connectivity index (χ0) is 22.6. The summed E-state index contributed by atoms with van der Waals surface area (Å²) in [4.78, 5) is 15.6. The summed E-state index contributed by atoms with van der Waals surface area (Å²) >= 11 is 2.92. The van der Waals surface area contributed by atoms with E-state index in [1.54, 1.807) is 23.2 Å². The highest BCUT2D eigenvalue weighted by Gasteiger charge is 2.31. The fraction of sp³-hybridized carbons (Fsp3) is 0.500. The van der Waals surface area contributed by atoms with Gasteiger partial charge < -0.3 is 10.1 Å². The summed E-state index contributed by atoms with van der Waals surface area (Å²) < 4.78 is 33.2. The number of thioether (sulfide) groups is 1. The van der Waals surface area contributed by atoms with Crippen LogP contribution in [0, 0.1) is 0 Å². The first-order valence-electron chi connectivity index (χ1n) is 10.8. The molecular formula is C22H29N3O4S3. The van der Waals surface area contributed by atoms with Crippen molar-refractivity contribution in [2.24, 2.45) is 0 Å². The minimum Gasteiger partial charge on any atom is -0.376 e. The summed E-state index contributed by atoms with van der Waals surface area (Å²) in [7, 11) is -3.65. The first-order chi connectivity index (χ1) is 15.4. The monoisotopic (exact) mass is 495 g/mol. The van der Waals surface area contributed by atoms with Crippen molar-refractivity contribution in [3.8, 4) is 0 Å². The molecule has 2 aliphatic heterocycles. The Hall–Kier alpha value is -1.43. The van der Waals surface area contributed by atoms with E-state index in [0.29, 0.717) is 19.6 Å². The Morgan fingerprint density at radius 1 is 1.19 bits per heavy atom. The van der Waals surface area contributed by atoms with Crippen molar-refractivity contribution in [3.05, 3.63) is 51.7 Å². The van der Waals surface area contributed by atoms with E-state index in [2.05, 4.69) is 29.3 Å². The average Bonchev–Trinajstić information content (AvgIpc) is 3.29. The van der Waals surface area contributed by atoms with Crippen LogP contribution in [0.15, 0.2) is 40.6 Å².